The Morgan fingerprint density at radius 2 is 1.78 bits per heavy atom. The van der Waals surface area contributed by atoms with Crippen LogP contribution in [0.15, 0.2) is 41.8 Å². The van der Waals surface area contributed by atoms with E-state index in [2.05, 4.69) is 17.1 Å². The number of nitrogens with one attached hydrogen (secondary N) is 1. The number of amides is 2. The number of nitrogens with zero attached hydrogens (tertiary/aromatic N) is 2. The molecule has 2 aromatic rings. The van der Waals surface area contributed by atoms with E-state index in [1.807, 2.05) is 46.7 Å². The Kier molecular flexibility index (Phi) is 6.87. The van der Waals surface area contributed by atoms with Crippen LogP contribution >= 0.6 is 11.3 Å². The van der Waals surface area contributed by atoms with Gasteiger partial charge in [-0.15, -0.1) is 11.3 Å². The van der Waals surface area contributed by atoms with Gasteiger partial charge in [0.1, 0.15) is 0 Å². The van der Waals surface area contributed by atoms with Gasteiger partial charge >= 0.3 is 0 Å². The average molecular weight is 386 g/mol. The molecule has 1 aliphatic rings. The highest BCUT2D eigenvalue weighted by molar-refractivity contribution is 7.12. The predicted molar refractivity (Wildman–Crippen MR) is 112 cm³/mol. The SMILES string of the molecule is CCCCCC(=O)Nc1ccc(N2CCN(C(=O)c3cccs3)CC2)cc1. The van der Waals surface area contributed by atoms with Crippen molar-refractivity contribution in [3.05, 3.63) is 46.7 Å². The topological polar surface area (TPSA) is 52.7 Å². The molecule has 0 atom stereocenters. The number of carbonyl (C=O) groups is 2. The number of rotatable bonds is 7. The Balaban J connectivity index is 1.48. The van der Waals surface area contributed by atoms with Crippen molar-refractivity contribution in [1.82, 2.24) is 4.90 Å². The molecule has 3 rings (SSSR count). The Bertz CT molecular complexity index is 735. The molecule has 1 N–H and O–H groups in total. The van der Waals surface area contributed by atoms with Gasteiger partial charge in [0.05, 0.1) is 4.88 Å². The van der Waals surface area contributed by atoms with Gasteiger partial charge in [-0.3, -0.25) is 9.59 Å². The highest BCUT2D eigenvalue weighted by atomic mass is 32.1. The summed E-state index contributed by atoms with van der Waals surface area (Å²) in [6.45, 7) is 5.23. The molecule has 2 amide bonds. The molecule has 0 radical (unpaired) electrons. The first kappa shape index (κ1) is 19.4. The fourth-order valence-corrected chi connectivity index (χ4v) is 3.93. The van der Waals surface area contributed by atoms with Crippen molar-refractivity contribution in [2.75, 3.05) is 36.4 Å². The summed E-state index contributed by atoms with van der Waals surface area (Å²) in [6.07, 6.45) is 3.73. The number of piperazine rings is 1. The molecule has 1 aromatic heterocycles. The fourth-order valence-electron chi connectivity index (χ4n) is 3.24. The lowest BCUT2D eigenvalue weighted by Gasteiger charge is -2.36. The second kappa shape index (κ2) is 9.55. The molecule has 0 saturated carbocycles. The van der Waals surface area contributed by atoms with E-state index >= 15 is 0 Å². The molecule has 1 aromatic carbocycles. The average Bonchev–Trinajstić information content (AvgIpc) is 3.23. The normalized spacial score (nSPS) is 14.3. The quantitative estimate of drug-likeness (QED) is 0.726. The van der Waals surface area contributed by atoms with Gasteiger partial charge in [-0.05, 0) is 42.1 Å². The predicted octanol–water partition coefficient (Wildman–Crippen LogP) is 4.23. The van der Waals surface area contributed by atoms with Gasteiger partial charge in [0, 0.05) is 44.0 Å². The van der Waals surface area contributed by atoms with Crippen LogP contribution in [-0.4, -0.2) is 42.9 Å². The smallest absolute Gasteiger partial charge is 0.264 e. The molecule has 6 heteroatoms. The van der Waals surface area contributed by atoms with E-state index in [4.69, 9.17) is 0 Å². The first-order valence-electron chi connectivity index (χ1n) is 9.65. The van der Waals surface area contributed by atoms with E-state index in [-0.39, 0.29) is 11.8 Å². The molecule has 0 aliphatic carbocycles. The minimum absolute atomic E-state index is 0.0805. The molecule has 1 saturated heterocycles. The van der Waals surface area contributed by atoms with Crippen LogP contribution in [-0.2, 0) is 4.79 Å². The molecule has 2 heterocycles. The number of unbranched alkanes of at least 4 members (excludes halogenated alkanes) is 2. The molecule has 144 valence electrons. The molecule has 0 bridgehead atoms. The van der Waals surface area contributed by atoms with E-state index in [9.17, 15) is 9.59 Å². The first-order valence-corrected chi connectivity index (χ1v) is 10.5. The number of thiophene rings is 1. The Hall–Kier alpha value is -2.34. The number of benzene rings is 1. The second-order valence-electron chi connectivity index (χ2n) is 6.81. The zero-order valence-electron chi connectivity index (χ0n) is 15.8. The minimum Gasteiger partial charge on any atom is -0.368 e. The summed E-state index contributed by atoms with van der Waals surface area (Å²) in [5.41, 5.74) is 1.97. The van der Waals surface area contributed by atoms with Crippen molar-refractivity contribution >= 4 is 34.5 Å². The van der Waals surface area contributed by atoms with Crippen molar-refractivity contribution in [2.45, 2.75) is 32.6 Å². The molecule has 27 heavy (non-hydrogen) atoms. The van der Waals surface area contributed by atoms with Crippen LogP contribution in [0.5, 0.6) is 0 Å². The first-order chi connectivity index (χ1) is 13.2. The summed E-state index contributed by atoms with van der Waals surface area (Å²) in [5.74, 6) is 0.211. The zero-order chi connectivity index (χ0) is 19.1. The third-order valence-corrected chi connectivity index (χ3v) is 5.68. The molecular formula is C21H27N3O2S. The minimum atomic E-state index is 0.0805. The van der Waals surface area contributed by atoms with Crippen molar-refractivity contribution in [3.8, 4) is 0 Å². The van der Waals surface area contributed by atoms with Crippen molar-refractivity contribution < 1.29 is 9.59 Å². The second-order valence-corrected chi connectivity index (χ2v) is 7.76. The van der Waals surface area contributed by atoms with Crippen LogP contribution in [0.4, 0.5) is 11.4 Å². The lowest BCUT2D eigenvalue weighted by atomic mass is 10.2. The largest absolute Gasteiger partial charge is 0.368 e. The Morgan fingerprint density at radius 1 is 1.04 bits per heavy atom. The van der Waals surface area contributed by atoms with Crippen LogP contribution < -0.4 is 10.2 Å². The van der Waals surface area contributed by atoms with E-state index in [1.54, 1.807) is 0 Å². The highest BCUT2D eigenvalue weighted by Gasteiger charge is 2.22. The van der Waals surface area contributed by atoms with E-state index in [0.717, 1.165) is 61.7 Å². The molecule has 1 aliphatic heterocycles. The molecule has 0 unspecified atom stereocenters. The van der Waals surface area contributed by atoms with Gasteiger partial charge in [-0.25, -0.2) is 0 Å². The maximum absolute atomic E-state index is 12.4. The lowest BCUT2D eigenvalue weighted by molar-refractivity contribution is -0.116. The third-order valence-electron chi connectivity index (χ3n) is 4.82. The van der Waals surface area contributed by atoms with Gasteiger partial charge in [-0.1, -0.05) is 25.8 Å². The number of hydrogen-bond acceptors (Lipinski definition) is 4. The Morgan fingerprint density at radius 3 is 2.41 bits per heavy atom. The van der Waals surface area contributed by atoms with Crippen LogP contribution in [0.3, 0.4) is 0 Å². The maximum Gasteiger partial charge on any atom is 0.264 e. The third kappa shape index (κ3) is 5.32. The van der Waals surface area contributed by atoms with E-state index in [1.165, 1.54) is 11.3 Å². The van der Waals surface area contributed by atoms with Gasteiger partial charge in [-0.2, -0.15) is 0 Å². The fraction of sp³-hybridized carbons (Fsp3) is 0.429. The number of carbonyl (C=O) groups excluding carboxylic acids is 2. The standard InChI is InChI=1S/C21H27N3O2S/c1-2-3-4-7-20(25)22-17-8-10-18(11-9-17)23-12-14-24(15-13-23)21(26)19-6-5-16-27-19/h5-6,8-11,16H,2-4,7,12-15H2,1H3,(H,22,25). The van der Waals surface area contributed by atoms with Crippen LogP contribution in [0, 0.1) is 0 Å². The van der Waals surface area contributed by atoms with Gasteiger partial charge in [0.25, 0.3) is 5.91 Å². The van der Waals surface area contributed by atoms with E-state index in [0.29, 0.717) is 6.42 Å². The van der Waals surface area contributed by atoms with Gasteiger partial charge in [0.2, 0.25) is 5.91 Å². The Labute approximate surface area is 165 Å². The number of hydrogen-bond donors (Lipinski definition) is 1. The van der Waals surface area contributed by atoms with Crippen LogP contribution in [0.25, 0.3) is 0 Å². The van der Waals surface area contributed by atoms with Gasteiger partial charge < -0.3 is 15.1 Å². The molecular weight excluding hydrogens is 358 g/mol. The summed E-state index contributed by atoms with van der Waals surface area (Å²) in [4.78, 5) is 29.4. The van der Waals surface area contributed by atoms with Crippen molar-refractivity contribution in [1.29, 1.82) is 0 Å². The summed E-state index contributed by atoms with van der Waals surface area (Å²) >= 11 is 1.49. The van der Waals surface area contributed by atoms with E-state index < -0.39 is 0 Å². The lowest BCUT2D eigenvalue weighted by Crippen LogP contribution is -2.48. The van der Waals surface area contributed by atoms with Crippen LogP contribution in [0.2, 0.25) is 0 Å². The molecule has 5 nitrogen and oxygen atoms in total. The molecule has 0 spiro atoms. The molecule has 1 fully saturated rings. The summed E-state index contributed by atoms with van der Waals surface area (Å²) in [5, 5.41) is 4.90. The number of anilines is 2. The van der Waals surface area contributed by atoms with Crippen LogP contribution in [0.1, 0.15) is 42.3 Å². The monoisotopic (exact) mass is 385 g/mol. The zero-order valence-corrected chi connectivity index (χ0v) is 16.6. The summed E-state index contributed by atoms with van der Waals surface area (Å²) in [6, 6.07) is 11.8. The van der Waals surface area contributed by atoms with Gasteiger partial charge in [0.15, 0.2) is 0 Å². The van der Waals surface area contributed by atoms with Crippen molar-refractivity contribution in [2.24, 2.45) is 0 Å². The maximum atomic E-state index is 12.4. The summed E-state index contributed by atoms with van der Waals surface area (Å²) in [7, 11) is 0. The van der Waals surface area contributed by atoms with Crippen molar-refractivity contribution in [3.63, 3.8) is 0 Å². The highest BCUT2D eigenvalue weighted by Crippen LogP contribution is 2.21. The summed E-state index contributed by atoms with van der Waals surface area (Å²) < 4.78 is 0.